The summed E-state index contributed by atoms with van der Waals surface area (Å²) in [5.41, 5.74) is 0.374. The van der Waals surface area contributed by atoms with E-state index in [1.54, 1.807) is 36.5 Å². The lowest BCUT2D eigenvalue weighted by molar-refractivity contribution is 0.0972. The Hall–Kier alpha value is -2.41. The van der Waals surface area contributed by atoms with Crippen LogP contribution in [0.15, 0.2) is 47.2 Å². The Labute approximate surface area is 98.5 Å². The number of ketones is 1. The van der Waals surface area contributed by atoms with Crippen molar-refractivity contribution < 1.29 is 9.21 Å². The summed E-state index contributed by atoms with van der Waals surface area (Å²) in [4.78, 5) is 15.8. The van der Waals surface area contributed by atoms with E-state index in [0.29, 0.717) is 11.5 Å². The molecule has 2 aromatic heterocycles. The molecule has 0 fully saturated rings. The van der Waals surface area contributed by atoms with Gasteiger partial charge in [-0.05, 0) is 24.3 Å². The molecule has 2 heterocycles. The number of hydrogen-bond acceptors (Lipinski definition) is 4. The summed E-state index contributed by atoms with van der Waals surface area (Å²) in [6.45, 7) is 0. The molecule has 0 aromatic carbocycles. The fourth-order valence-corrected chi connectivity index (χ4v) is 1.52. The topological polar surface area (TPSA) is 66.9 Å². The van der Waals surface area contributed by atoms with Crippen molar-refractivity contribution in [2.24, 2.45) is 0 Å². The van der Waals surface area contributed by atoms with Crippen LogP contribution in [0.25, 0.3) is 0 Å². The largest absolute Gasteiger partial charge is 0.468 e. The maximum absolute atomic E-state index is 11.9. The van der Waals surface area contributed by atoms with Gasteiger partial charge in [-0.1, -0.05) is 6.07 Å². The van der Waals surface area contributed by atoms with Crippen LogP contribution < -0.4 is 0 Å². The third-order valence-corrected chi connectivity index (χ3v) is 2.38. The Morgan fingerprint density at radius 1 is 1.41 bits per heavy atom. The first-order valence-electron chi connectivity index (χ1n) is 5.18. The van der Waals surface area contributed by atoms with E-state index < -0.39 is 5.92 Å². The number of carbonyl (C=O) groups excluding carboxylic acids is 1. The molecule has 17 heavy (non-hydrogen) atoms. The summed E-state index contributed by atoms with van der Waals surface area (Å²) in [6.07, 6.45) is 3.13. The second-order valence-corrected chi connectivity index (χ2v) is 3.54. The van der Waals surface area contributed by atoms with Gasteiger partial charge in [0.1, 0.15) is 17.4 Å². The van der Waals surface area contributed by atoms with Crippen molar-refractivity contribution in [3.05, 3.63) is 54.2 Å². The van der Waals surface area contributed by atoms with Crippen LogP contribution >= 0.6 is 0 Å². The molecule has 1 unspecified atom stereocenters. The number of rotatable bonds is 4. The third kappa shape index (κ3) is 2.58. The van der Waals surface area contributed by atoms with Gasteiger partial charge in [-0.2, -0.15) is 5.26 Å². The fraction of sp³-hybridized carbons (Fsp3) is 0.154. The molecule has 1 atom stereocenters. The van der Waals surface area contributed by atoms with Gasteiger partial charge >= 0.3 is 0 Å². The lowest BCUT2D eigenvalue weighted by Crippen LogP contribution is -2.07. The number of carbonyl (C=O) groups is 1. The number of hydrogen-bond donors (Lipinski definition) is 0. The van der Waals surface area contributed by atoms with Crippen molar-refractivity contribution in [2.75, 3.05) is 0 Å². The zero-order valence-electron chi connectivity index (χ0n) is 9.04. The van der Waals surface area contributed by atoms with Crippen molar-refractivity contribution in [3.8, 4) is 6.07 Å². The number of nitriles is 1. The lowest BCUT2D eigenvalue weighted by Gasteiger charge is -2.04. The lowest BCUT2D eigenvalue weighted by atomic mass is 10.00. The van der Waals surface area contributed by atoms with E-state index in [9.17, 15) is 4.79 Å². The molecule has 84 valence electrons. The van der Waals surface area contributed by atoms with Gasteiger partial charge in [-0.3, -0.25) is 9.78 Å². The van der Waals surface area contributed by atoms with Crippen molar-refractivity contribution in [3.63, 3.8) is 0 Å². The minimum Gasteiger partial charge on any atom is -0.468 e. The van der Waals surface area contributed by atoms with E-state index in [0.717, 1.165) is 0 Å². The molecular formula is C13H10N2O2. The number of aromatic nitrogens is 1. The van der Waals surface area contributed by atoms with Crippen LogP contribution in [0.3, 0.4) is 0 Å². The average molecular weight is 226 g/mol. The van der Waals surface area contributed by atoms with Crippen LogP contribution in [0, 0.1) is 11.3 Å². The van der Waals surface area contributed by atoms with Gasteiger partial charge in [0, 0.05) is 12.6 Å². The van der Waals surface area contributed by atoms with Gasteiger partial charge in [0.05, 0.1) is 12.3 Å². The van der Waals surface area contributed by atoms with Gasteiger partial charge in [-0.15, -0.1) is 0 Å². The maximum Gasteiger partial charge on any atom is 0.182 e. The van der Waals surface area contributed by atoms with Gasteiger partial charge in [0.2, 0.25) is 0 Å². The summed E-state index contributed by atoms with van der Waals surface area (Å²) in [5, 5.41) is 9.01. The molecule has 0 aliphatic carbocycles. The van der Waals surface area contributed by atoms with Gasteiger partial charge in [0.15, 0.2) is 5.78 Å². The molecule has 0 radical (unpaired) electrons. The molecule has 0 amide bonds. The minimum atomic E-state index is -0.556. The predicted octanol–water partition coefficient (Wildman–Crippen LogP) is 2.55. The van der Waals surface area contributed by atoms with Crippen molar-refractivity contribution in [1.82, 2.24) is 4.98 Å². The highest BCUT2D eigenvalue weighted by Gasteiger charge is 2.19. The quantitative estimate of drug-likeness (QED) is 0.751. The normalized spacial score (nSPS) is 11.7. The van der Waals surface area contributed by atoms with Crippen LogP contribution in [-0.4, -0.2) is 10.8 Å². The molecule has 0 saturated carbocycles. The van der Waals surface area contributed by atoms with Crippen LogP contribution in [0.2, 0.25) is 0 Å². The second kappa shape index (κ2) is 5.08. The molecule has 4 nitrogen and oxygen atoms in total. The van der Waals surface area contributed by atoms with E-state index in [4.69, 9.17) is 9.68 Å². The monoisotopic (exact) mass is 226 g/mol. The molecule has 0 aliphatic heterocycles. The average Bonchev–Trinajstić information content (AvgIpc) is 2.90. The van der Waals surface area contributed by atoms with E-state index in [-0.39, 0.29) is 12.2 Å². The molecule has 0 saturated heterocycles. The highest BCUT2D eigenvalue weighted by molar-refractivity contribution is 5.94. The number of nitrogens with zero attached hydrogens (tertiary/aromatic N) is 2. The van der Waals surface area contributed by atoms with E-state index in [1.807, 2.05) is 0 Å². The van der Waals surface area contributed by atoms with Crippen LogP contribution in [0.5, 0.6) is 0 Å². The third-order valence-electron chi connectivity index (χ3n) is 2.38. The number of Topliss-reactive ketones (excluding diaryl/α,β-unsaturated/α-hetero) is 1. The van der Waals surface area contributed by atoms with E-state index >= 15 is 0 Å². The van der Waals surface area contributed by atoms with Crippen LogP contribution in [-0.2, 0) is 0 Å². The Bertz CT molecular complexity index is 526. The van der Waals surface area contributed by atoms with Gasteiger partial charge in [-0.25, -0.2) is 0 Å². The van der Waals surface area contributed by atoms with Crippen molar-refractivity contribution in [1.29, 1.82) is 5.26 Å². The Morgan fingerprint density at radius 3 is 2.88 bits per heavy atom. The first kappa shape index (κ1) is 11.1. The van der Waals surface area contributed by atoms with Gasteiger partial charge in [0.25, 0.3) is 0 Å². The Balaban J connectivity index is 2.11. The molecule has 0 N–H and O–H groups in total. The summed E-state index contributed by atoms with van der Waals surface area (Å²) in [5.74, 6) is -0.204. The number of furan rings is 1. The van der Waals surface area contributed by atoms with Crippen molar-refractivity contribution >= 4 is 5.78 Å². The molecule has 4 heteroatoms. The first-order chi connectivity index (χ1) is 8.31. The fourth-order valence-electron chi connectivity index (χ4n) is 1.52. The highest BCUT2D eigenvalue weighted by Crippen LogP contribution is 2.20. The Kier molecular flexibility index (Phi) is 3.31. The minimum absolute atomic E-state index is 0.0844. The zero-order chi connectivity index (χ0) is 12.1. The summed E-state index contributed by atoms with van der Waals surface area (Å²) >= 11 is 0. The van der Waals surface area contributed by atoms with Gasteiger partial charge < -0.3 is 4.42 Å². The second-order valence-electron chi connectivity index (χ2n) is 3.54. The predicted molar refractivity (Wildman–Crippen MR) is 60.2 cm³/mol. The van der Waals surface area contributed by atoms with Crippen molar-refractivity contribution in [2.45, 2.75) is 12.3 Å². The molecule has 2 aromatic rings. The SMILES string of the molecule is N#CC(CC(=O)c1ccccn1)c1ccco1. The van der Waals surface area contributed by atoms with E-state index in [1.165, 1.54) is 6.26 Å². The summed E-state index contributed by atoms with van der Waals surface area (Å²) in [7, 11) is 0. The van der Waals surface area contributed by atoms with Crippen LogP contribution in [0.1, 0.15) is 28.6 Å². The van der Waals surface area contributed by atoms with E-state index in [2.05, 4.69) is 11.1 Å². The number of pyridine rings is 1. The summed E-state index contributed by atoms with van der Waals surface area (Å²) in [6, 6.07) is 10.6. The summed E-state index contributed by atoms with van der Waals surface area (Å²) < 4.78 is 5.13. The molecule has 0 spiro atoms. The van der Waals surface area contributed by atoms with Crippen LogP contribution in [0.4, 0.5) is 0 Å². The highest BCUT2D eigenvalue weighted by atomic mass is 16.3. The molecule has 0 bridgehead atoms. The molecule has 0 aliphatic rings. The standard InChI is InChI=1S/C13H10N2O2/c14-9-10(13-5-3-7-17-13)8-12(16)11-4-1-2-6-15-11/h1-7,10H,8H2. The smallest absolute Gasteiger partial charge is 0.182 e. The first-order valence-corrected chi connectivity index (χ1v) is 5.18. The molecule has 2 rings (SSSR count). The zero-order valence-corrected chi connectivity index (χ0v) is 9.04. The maximum atomic E-state index is 11.9. The molecular weight excluding hydrogens is 216 g/mol. The Morgan fingerprint density at radius 2 is 2.29 bits per heavy atom.